The first-order valence-corrected chi connectivity index (χ1v) is 5.22. The molecule has 0 aromatic carbocycles. The van der Waals surface area contributed by atoms with Crippen LogP contribution in [0.1, 0.15) is 20.3 Å². The molecule has 0 aliphatic carbocycles. The van der Waals surface area contributed by atoms with E-state index in [1.807, 2.05) is 0 Å². The van der Waals surface area contributed by atoms with Gasteiger partial charge in [0.15, 0.2) is 0 Å². The maximum absolute atomic E-state index is 9.82. The van der Waals surface area contributed by atoms with Crippen molar-refractivity contribution in [3.8, 4) is 0 Å². The minimum atomic E-state index is -3.67. The Morgan fingerprint density at radius 2 is 1.85 bits per heavy atom. The third-order valence-electron chi connectivity index (χ3n) is 0.883. The van der Waals surface area contributed by atoms with Crippen molar-refractivity contribution in [1.82, 2.24) is 0 Å². The van der Waals surface area contributed by atoms with Gasteiger partial charge in [-0.2, -0.15) is 8.42 Å². The van der Waals surface area contributed by atoms with Crippen molar-refractivity contribution in [2.75, 3.05) is 5.75 Å². The van der Waals surface area contributed by atoms with Gasteiger partial charge in [-0.3, -0.25) is 9.35 Å². The topological polar surface area (TPSA) is 97.5 Å². The Balaban J connectivity index is 0. The summed E-state index contributed by atoms with van der Waals surface area (Å²) in [7, 11) is -3.67. The summed E-state index contributed by atoms with van der Waals surface area (Å²) in [5.74, 6) is -0.567. The molecule has 13 heavy (non-hydrogen) atoms. The summed E-state index contributed by atoms with van der Waals surface area (Å²) < 4.78 is 27.6. The Morgan fingerprint density at radius 3 is 1.85 bits per heavy atom. The molecular weight excluding hydrogens is 194 g/mol. The molecule has 0 aromatic rings. The van der Waals surface area contributed by atoms with E-state index < -0.39 is 16.0 Å². The maximum atomic E-state index is 9.82. The van der Waals surface area contributed by atoms with Crippen LogP contribution < -0.4 is 5.73 Å². The van der Waals surface area contributed by atoms with Crippen LogP contribution >= 0.6 is 0 Å². The van der Waals surface area contributed by atoms with Crippen molar-refractivity contribution in [2.24, 2.45) is 5.73 Å². The highest BCUT2D eigenvalue weighted by Gasteiger charge is 1.98. The molecule has 5 nitrogen and oxygen atoms in total. The largest absolute Gasteiger partial charge is 0.366 e. The Labute approximate surface area is 78.4 Å². The molecule has 78 valence electrons. The Hall–Kier alpha value is -0.880. The second-order valence-corrected chi connectivity index (χ2v) is 4.00. The average Bonchev–Trinajstić information content (AvgIpc) is 1.85. The highest BCUT2D eigenvalue weighted by atomic mass is 32.2. The summed E-state index contributed by atoms with van der Waals surface area (Å²) in [6.45, 7) is 6.54. The van der Waals surface area contributed by atoms with E-state index in [0.717, 1.165) is 0 Å². The third kappa shape index (κ3) is 18.2. The molecule has 1 amide bonds. The Kier molecular flexibility index (Phi) is 7.45. The lowest BCUT2D eigenvalue weighted by Gasteiger charge is -1.85. The molecule has 0 saturated heterocycles. The van der Waals surface area contributed by atoms with Gasteiger partial charge < -0.3 is 5.73 Å². The van der Waals surface area contributed by atoms with Gasteiger partial charge in [-0.15, -0.1) is 0 Å². The summed E-state index contributed by atoms with van der Waals surface area (Å²) in [6, 6.07) is 0. The van der Waals surface area contributed by atoms with Crippen molar-refractivity contribution in [3.63, 3.8) is 0 Å². The van der Waals surface area contributed by atoms with Crippen LogP contribution in [0.15, 0.2) is 12.2 Å². The molecule has 0 spiro atoms. The number of carbonyl (C=O) groups is 1. The van der Waals surface area contributed by atoms with Crippen molar-refractivity contribution in [3.05, 3.63) is 12.2 Å². The first kappa shape index (κ1) is 14.6. The quantitative estimate of drug-likeness (QED) is 0.517. The van der Waals surface area contributed by atoms with Gasteiger partial charge in [0.25, 0.3) is 10.1 Å². The highest BCUT2D eigenvalue weighted by molar-refractivity contribution is 7.85. The fourth-order valence-electron chi connectivity index (χ4n) is 0.258. The zero-order chi connectivity index (χ0) is 11.1. The molecule has 0 rings (SSSR count). The molecular formula is C7H15NO4S. The number of primary amides is 1. The predicted octanol–water partition coefficient (Wildman–Crippen LogP) is 0.332. The second-order valence-electron chi connectivity index (χ2n) is 2.43. The number of rotatable bonds is 3. The van der Waals surface area contributed by atoms with Gasteiger partial charge in [-0.05, 0) is 13.3 Å². The molecule has 0 unspecified atom stereocenters. The lowest BCUT2D eigenvalue weighted by atomic mass is 10.3. The summed E-state index contributed by atoms with van der Waals surface area (Å²) >= 11 is 0. The molecule has 0 radical (unpaired) electrons. The van der Waals surface area contributed by atoms with E-state index in [1.54, 1.807) is 13.8 Å². The SMILES string of the molecule is C=C(C)C(N)=O.CCCS(=O)(=O)O. The summed E-state index contributed by atoms with van der Waals surface area (Å²) in [5.41, 5.74) is 5.09. The van der Waals surface area contributed by atoms with Crippen LogP contribution in [0.5, 0.6) is 0 Å². The normalized spacial score (nSPS) is 9.77. The van der Waals surface area contributed by atoms with E-state index in [0.29, 0.717) is 12.0 Å². The van der Waals surface area contributed by atoms with Crippen LogP contribution in [-0.2, 0) is 14.9 Å². The van der Waals surface area contributed by atoms with E-state index in [9.17, 15) is 13.2 Å². The van der Waals surface area contributed by atoms with E-state index in [4.69, 9.17) is 10.3 Å². The van der Waals surface area contributed by atoms with Crippen LogP contribution in [0.2, 0.25) is 0 Å². The second kappa shape index (κ2) is 6.62. The monoisotopic (exact) mass is 209 g/mol. The molecule has 0 heterocycles. The van der Waals surface area contributed by atoms with Crippen LogP contribution in [0.4, 0.5) is 0 Å². The van der Waals surface area contributed by atoms with E-state index >= 15 is 0 Å². The number of nitrogens with two attached hydrogens (primary N) is 1. The van der Waals surface area contributed by atoms with Gasteiger partial charge >= 0.3 is 0 Å². The van der Waals surface area contributed by atoms with Gasteiger partial charge in [-0.1, -0.05) is 13.5 Å². The lowest BCUT2D eigenvalue weighted by molar-refractivity contribution is -0.114. The standard InChI is InChI=1S/C4H7NO.C3H8O3S/c1-3(2)4(5)6;1-2-3-7(4,5)6/h1H2,2H3,(H2,5,6);2-3H2,1H3,(H,4,5,6). The smallest absolute Gasteiger partial charge is 0.264 e. The molecule has 0 aliphatic heterocycles. The molecule has 6 heteroatoms. The van der Waals surface area contributed by atoms with E-state index in [1.165, 1.54) is 0 Å². The minimum Gasteiger partial charge on any atom is -0.366 e. The third-order valence-corrected chi connectivity index (χ3v) is 1.81. The average molecular weight is 209 g/mol. The van der Waals surface area contributed by atoms with Crippen LogP contribution in [0.25, 0.3) is 0 Å². The van der Waals surface area contributed by atoms with Crippen LogP contribution in [0, 0.1) is 0 Å². The number of carbonyl (C=O) groups excluding carboxylic acids is 1. The molecule has 0 atom stereocenters. The van der Waals surface area contributed by atoms with Gasteiger partial charge in [0.2, 0.25) is 5.91 Å². The van der Waals surface area contributed by atoms with Crippen molar-refractivity contribution in [1.29, 1.82) is 0 Å². The van der Waals surface area contributed by atoms with Crippen molar-refractivity contribution < 1.29 is 17.8 Å². The minimum absolute atomic E-state index is 0.132. The summed E-state index contributed by atoms with van der Waals surface area (Å²) in [5, 5.41) is 0. The van der Waals surface area contributed by atoms with Crippen molar-refractivity contribution >= 4 is 16.0 Å². The first-order valence-electron chi connectivity index (χ1n) is 3.61. The number of amides is 1. The maximum Gasteiger partial charge on any atom is 0.264 e. The van der Waals surface area contributed by atoms with Crippen LogP contribution in [0.3, 0.4) is 0 Å². The fourth-order valence-corrected chi connectivity index (χ4v) is 0.774. The fraction of sp³-hybridized carbons (Fsp3) is 0.571. The van der Waals surface area contributed by atoms with Crippen molar-refractivity contribution in [2.45, 2.75) is 20.3 Å². The molecule has 0 saturated carbocycles. The van der Waals surface area contributed by atoms with E-state index in [-0.39, 0.29) is 5.75 Å². The van der Waals surface area contributed by atoms with Gasteiger partial charge in [0, 0.05) is 5.57 Å². The molecule has 3 N–H and O–H groups in total. The molecule has 0 aliphatic rings. The molecule has 0 aromatic heterocycles. The van der Waals surface area contributed by atoms with Gasteiger partial charge in [0.1, 0.15) is 0 Å². The lowest BCUT2D eigenvalue weighted by Crippen LogP contribution is -2.10. The zero-order valence-electron chi connectivity index (χ0n) is 7.78. The predicted molar refractivity (Wildman–Crippen MR) is 50.7 cm³/mol. The number of hydrogen-bond donors (Lipinski definition) is 2. The molecule has 0 bridgehead atoms. The Morgan fingerprint density at radius 1 is 1.54 bits per heavy atom. The zero-order valence-corrected chi connectivity index (χ0v) is 8.60. The number of hydrogen-bond acceptors (Lipinski definition) is 3. The highest BCUT2D eigenvalue weighted by Crippen LogP contribution is 1.83. The van der Waals surface area contributed by atoms with Gasteiger partial charge in [-0.25, -0.2) is 0 Å². The summed E-state index contributed by atoms with van der Waals surface area (Å²) in [4.78, 5) is 9.82. The first-order chi connectivity index (χ1) is 5.70. The molecule has 0 fully saturated rings. The van der Waals surface area contributed by atoms with E-state index in [2.05, 4.69) is 6.58 Å². The van der Waals surface area contributed by atoms with Gasteiger partial charge in [0.05, 0.1) is 5.75 Å². The summed E-state index contributed by atoms with van der Waals surface area (Å²) in [6.07, 6.45) is 0.471. The Bertz CT molecular complexity index is 256. The van der Waals surface area contributed by atoms with Crippen LogP contribution in [-0.4, -0.2) is 24.6 Å².